The summed E-state index contributed by atoms with van der Waals surface area (Å²) in [5.41, 5.74) is 0. The number of aryl methyl sites for hydroxylation is 1. The first-order valence-corrected chi connectivity index (χ1v) is 7.80. The summed E-state index contributed by atoms with van der Waals surface area (Å²) >= 11 is 0. The summed E-state index contributed by atoms with van der Waals surface area (Å²) in [4.78, 5) is 6.58. The fourth-order valence-electron chi connectivity index (χ4n) is 1.53. The van der Waals surface area contributed by atoms with Crippen LogP contribution in [0.2, 0.25) is 0 Å². The van der Waals surface area contributed by atoms with E-state index in [-0.39, 0.29) is 5.03 Å². The van der Waals surface area contributed by atoms with Crippen LogP contribution < -0.4 is 0 Å². The van der Waals surface area contributed by atoms with Crippen LogP contribution in [0.3, 0.4) is 0 Å². The van der Waals surface area contributed by atoms with E-state index in [1.807, 2.05) is 0 Å². The molecule has 1 aromatic rings. The maximum absolute atomic E-state index is 12.1. The van der Waals surface area contributed by atoms with Gasteiger partial charge in [0.1, 0.15) is 5.82 Å². The Morgan fingerprint density at radius 3 is 2.56 bits per heavy atom. The number of hydrogen-bond donors (Lipinski definition) is 1. The zero-order chi connectivity index (χ0) is 11.8. The Bertz CT molecular complexity index is 498. The largest absolute Gasteiger partial charge is 0.332 e. The highest BCUT2D eigenvalue weighted by atomic mass is 32.2. The third-order valence-corrected chi connectivity index (χ3v) is 5.52. The lowest BCUT2D eigenvalue weighted by atomic mass is 10.6. The summed E-state index contributed by atoms with van der Waals surface area (Å²) < 4.78 is 36.6. The highest BCUT2D eigenvalue weighted by Gasteiger charge is 2.29. The molecule has 1 aromatic heterocycles. The first kappa shape index (κ1) is 11.7. The molecule has 1 saturated heterocycles. The molecule has 0 aliphatic carbocycles. The highest BCUT2D eigenvalue weighted by molar-refractivity contribution is 7.89. The number of nitrogens with zero attached hydrogens (tertiary/aromatic N) is 2. The molecular weight excluding hydrogens is 250 g/mol. The van der Waals surface area contributed by atoms with E-state index in [0.717, 1.165) is 0 Å². The molecular formula is C8H13N3O3S2. The molecule has 0 unspecified atom stereocenters. The van der Waals surface area contributed by atoms with Gasteiger partial charge in [-0.25, -0.2) is 13.4 Å². The molecule has 0 spiro atoms. The van der Waals surface area contributed by atoms with E-state index < -0.39 is 20.8 Å². The summed E-state index contributed by atoms with van der Waals surface area (Å²) in [6.45, 7) is 2.32. The quantitative estimate of drug-likeness (QED) is 0.777. The van der Waals surface area contributed by atoms with Gasteiger partial charge in [0.2, 0.25) is 0 Å². The molecule has 0 bridgehead atoms. The van der Waals surface area contributed by atoms with Gasteiger partial charge in [0.25, 0.3) is 10.0 Å². The summed E-state index contributed by atoms with van der Waals surface area (Å²) in [5, 5.41) is 0.109. The zero-order valence-electron chi connectivity index (χ0n) is 8.84. The van der Waals surface area contributed by atoms with E-state index in [2.05, 4.69) is 9.97 Å². The topological polar surface area (TPSA) is 83.1 Å². The number of imidazole rings is 1. The van der Waals surface area contributed by atoms with Crippen molar-refractivity contribution in [3.8, 4) is 0 Å². The van der Waals surface area contributed by atoms with Gasteiger partial charge in [-0.05, 0) is 6.92 Å². The van der Waals surface area contributed by atoms with Crippen LogP contribution in [0.5, 0.6) is 0 Å². The maximum atomic E-state index is 12.1. The van der Waals surface area contributed by atoms with Crippen molar-refractivity contribution < 1.29 is 12.6 Å². The predicted molar refractivity (Wildman–Crippen MR) is 60.0 cm³/mol. The number of hydrogen-bond acceptors (Lipinski definition) is 4. The van der Waals surface area contributed by atoms with Gasteiger partial charge in [-0.2, -0.15) is 4.31 Å². The van der Waals surface area contributed by atoms with Gasteiger partial charge in [0, 0.05) is 35.4 Å². The number of rotatable bonds is 2. The van der Waals surface area contributed by atoms with Crippen molar-refractivity contribution in [2.24, 2.45) is 0 Å². The first-order chi connectivity index (χ1) is 7.50. The molecule has 16 heavy (non-hydrogen) atoms. The molecule has 2 rings (SSSR count). The Morgan fingerprint density at radius 2 is 2.06 bits per heavy atom. The number of sulfonamides is 1. The number of H-pyrrole nitrogens is 1. The van der Waals surface area contributed by atoms with Crippen LogP contribution in [0, 0.1) is 6.92 Å². The van der Waals surface area contributed by atoms with Crippen LogP contribution in [-0.4, -0.2) is 51.5 Å². The average molecular weight is 263 g/mol. The summed E-state index contributed by atoms with van der Waals surface area (Å²) in [6, 6.07) is 0. The molecule has 0 aromatic carbocycles. The van der Waals surface area contributed by atoms with Crippen molar-refractivity contribution in [1.82, 2.24) is 14.3 Å². The lowest BCUT2D eigenvalue weighted by molar-refractivity contribution is 0.436. The molecule has 1 aliphatic heterocycles. The molecule has 0 radical (unpaired) electrons. The van der Waals surface area contributed by atoms with Gasteiger partial charge in [0.15, 0.2) is 5.03 Å². The van der Waals surface area contributed by atoms with E-state index in [1.54, 1.807) is 6.92 Å². The number of aromatic amines is 1. The van der Waals surface area contributed by atoms with Crippen molar-refractivity contribution in [3.63, 3.8) is 0 Å². The Balaban J connectivity index is 2.23. The lowest BCUT2D eigenvalue weighted by Crippen LogP contribution is -2.41. The smallest absolute Gasteiger partial charge is 0.260 e. The number of aromatic nitrogens is 2. The molecule has 0 saturated carbocycles. The molecule has 1 N–H and O–H groups in total. The normalized spacial score (nSPS) is 20.1. The Hall–Kier alpha value is -0.730. The predicted octanol–water partition coefficient (Wildman–Crippen LogP) is -0.529. The lowest BCUT2D eigenvalue weighted by Gasteiger charge is -2.24. The van der Waals surface area contributed by atoms with E-state index in [4.69, 9.17) is 0 Å². The van der Waals surface area contributed by atoms with E-state index in [0.29, 0.717) is 30.4 Å². The average Bonchev–Trinajstić information content (AvgIpc) is 2.66. The van der Waals surface area contributed by atoms with Gasteiger partial charge in [-0.15, -0.1) is 0 Å². The second-order valence-corrected chi connectivity index (χ2v) is 7.19. The van der Waals surface area contributed by atoms with Gasteiger partial charge in [0.05, 0.1) is 6.20 Å². The van der Waals surface area contributed by atoms with Crippen molar-refractivity contribution in [2.45, 2.75) is 11.9 Å². The monoisotopic (exact) mass is 263 g/mol. The molecule has 0 atom stereocenters. The van der Waals surface area contributed by atoms with Crippen LogP contribution in [0.4, 0.5) is 0 Å². The minimum atomic E-state index is -3.48. The Labute approximate surface area is 96.6 Å². The highest BCUT2D eigenvalue weighted by Crippen LogP contribution is 2.15. The molecule has 0 amide bonds. The Kier molecular flexibility index (Phi) is 3.13. The third-order valence-electron chi connectivity index (χ3n) is 2.43. The van der Waals surface area contributed by atoms with E-state index >= 15 is 0 Å². The summed E-state index contributed by atoms with van der Waals surface area (Å²) in [6.07, 6.45) is 1.32. The summed E-state index contributed by atoms with van der Waals surface area (Å²) in [5.74, 6) is 1.39. The molecule has 1 fully saturated rings. The SMILES string of the molecule is Cc1ncc(S(=O)(=O)N2CCS(=O)CC2)[nH]1. The van der Waals surface area contributed by atoms with Crippen molar-refractivity contribution in [3.05, 3.63) is 12.0 Å². The second-order valence-electron chi connectivity index (χ2n) is 3.59. The van der Waals surface area contributed by atoms with Gasteiger partial charge in [-0.3, -0.25) is 4.21 Å². The third kappa shape index (κ3) is 2.18. The molecule has 8 heteroatoms. The molecule has 2 heterocycles. The van der Waals surface area contributed by atoms with Crippen LogP contribution in [-0.2, 0) is 20.8 Å². The molecule has 6 nitrogen and oxygen atoms in total. The van der Waals surface area contributed by atoms with Crippen LogP contribution in [0.1, 0.15) is 5.82 Å². The standard InChI is InChI=1S/C8H13N3O3S2/c1-7-9-6-8(10-7)16(13,14)11-2-4-15(12)5-3-11/h6H,2-5H2,1H3,(H,9,10). The van der Waals surface area contributed by atoms with Crippen LogP contribution in [0.15, 0.2) is 11.2 Å². The van der Waals surface area contributed by atoms with Crippen molar-refractivity contribution in [2.75, 3.05) is 24.6 Å². The van der Waals surface area contributed by atoms with Gasteiger partial charge >= 0.3 is 0 Å². The Morgan fingerprint density at radius 1 is 1.44 bits per heavy atom. The minimum Gasteiger partial charge on any atom is -0.332 e. The number of nitrogens with one attached hydrogen (secondary N) is 1. The van der Waals surface area contributed by atoms with Crippen LogP contribution in [0.25, 0.3) is 0 Å². The summed E-state index contributed by atoms with van der Waals surface area (Å²) in [7, 11) is -4.36. The fraction of sp³-hybridized carbons (Fsp3) is 0.625. The first-order valence-electron chi connectivity index (χ1n) is 4.87. The maximum Gasteiger partial charge on any atom is 0.260 e. The fourth-order valence-corrected chi connectivity index (χ4v) is 4.22. The van der Waals surface area contributed by atoms with Crippen molar-refractivity contribution >= 4 is 20.8 Å². The van der Waals surface area contributed by atoms with Gasteiger partial charge < -0.3 is 4.98 Å². The van der Waals surface area contributed by atoms with E-state index in [9.17, 15) is 12.6 Å². The molecule has 90 valence electrons. The molecule has 1 aliphatic rings. The van der Waals surface area contributed by atoms with Gasteiger partial charge in [-0.1, -0.05) is 0 Å². The van der Waals surface area contributed by atoms with Crippen molar-refractivity contribution in [1.29, 1.82) is 0 Å². The minimum absolute atomic E-state index is 0.109. The van der Waals surface area contributed by atoms with E-state index in [1.165, 1.54) is 10.5 Å². The zero-order valence-corrected chi connectivity index (χ0v) is 10.5. The van der Waals surface area contributed by atoms with Crippen LogP contribution >= 0.6 is 0 Å². The second kappa shape index (κ2) is 4.27.